The number of nitrogens with one attached hydrogen (secondary N) is 2. The Morgan fingerprint density at radius 2 is 1.62 bits per heavy atom. The molecule has 0 spiro atoms. The average Bonchev–Trinajstić information content (AvgIpc) is 2.72. The van der Waals surface area contributed by atoms with E-state index in [9.17, 15) is 9.59 Å². The van der Waals surface area contributed by atoms with Gasteiger partial charge in [0.25, 0.3) is 11.8 Å². The van der Waals surface area contributed by atoms with Gasteiger partial charge in [-0.3, -0.25) is 9.59 Å². The predicted octanol–water partition coefficient (Wildman–Crippen LogP) is 4.25. The fourth-order valence-corrected chi connectivity index (χ4v) is 2.81. The Kier molecular flexibility index (Phi) is 6.63. The topological polar surface area (TPSA) is 67.4 Å². The van der Waals surface area contributed by atoms with E-state index >= 15 is 0 Å². The summed E-state index contributed by atoms with van der Waals surface area (Å²) in [6, 6.07) is 22.4. The first-order valence-electron chi connectivity index (χ1n) is 9.43. The van der Waals surface area contributed by atoms with Crippen molar-refractivity contribution in [3.05, 3.63) is 95.1 Å². The van der Waals surface area contributed by atoms with Gasteiger partial charge < -0.3 is 15.4 Å². The van der Waals surface area contributed by atoms with Crippen molar-refractivity contribution in [1.82, 2.24) is 5.32 Å². The van der Waals surface area contributed by atoms with Crippen LogP contribution in [0.2, 0.25) is 0 Å². The number of hydrogen-bond acceptors (Lipinski definition) is 3. The van der Waals surface area contributed by atoms with E-state index in [-0.39, 0.29) is 18.4 Å². The van der Waals surface area contributed by atoms with E-state index in [1.807, 2.05) is 56.3 Å². The molecule has 0 aliphatic carbocycles. The van der Waals surface area contributed by atoms with Gasteiger partial charge in [0.2, 0.25) is 0 Å². The highest BCUT2D eigenvalue weighted by molar-refractivity contribution is 6.04. The summed E-state index contributed by atoms with van der Waals surface area (Å²) in [5.74, 6) is 0.0515. The zero-order valence-corrected chi connectivity index (χ0v) is 16.6. The molecular weight excluding hydrogens is 364 g/mol. The minimum atomic E-state index is -0.328. The van der Waals surface area contributed by atoms with Crippen LogP contribution in [0.25, 0.3) is 0 Å². The van der Waals surface area contributed by atoms with Crippen LogP contribution >= 0.6 is 0 Å². The number of carbonyl (C=O) groups is 2. The van der Waals surface area contributed by atoms with Crippen molar-refractivity contribution in [2.45, 2.75) is 20.4 Å². The molecule has 0 aliphatic heterocycles. The van der Waals surface area contributed by atoms with Gasteiger partial charge in [0.05, 0.1) is 11.3 Å². The Labute approximate surface area is 170 Å². The Morgan fingerprint density at radius 1 is 0.862 bits per heavy atom. The minimum absolute atomic E-state index is 0.136. The lowest BCUT2D eigenvalue weighted by Gasteiger charge is -2.12. The third-order valence-electron chi connectivity index (χ3n) is 4.38. The van der Waals surface area contributed by atoms with Crippen LogP contribution in [0.3, 0.4) is 0 Å². The first-order valence-corrected chi connectivity index (χ1v) is 9.43. The summed E-state index contributed by atoms with van der Waals surface area (Å²) in [7, 11) is 0. The highest BCUT2D eigenvalue weighted by Gasteiger charge is 2.13. The molecule has 0 heterocycles. The largest absolute Gasteiger partial charge is 0.484 e. The summed E-state index contributed by atoms with van der Waals surface area (Å²) >= 11 is 0. The lowest BCUT2D eigenvalue weighted by Crippen LogP contribution is -2.26. The molecule has 5 heteroatoms. The summed E-state index contributed by atoms with van der Waals surface area (Å²) in [4.78, 5) is 24.9. The fourth-order valence-electron chi connectivity index (χ4n) is 2.81. The van der Waals surface area contributed by atoms with E-state index in [0.29, 0.717) is 23.5 Å². The van der Waals surface area contributed by atoms with Crippen LogP contribution < -0.4 is 15.4 Å². The summed E-state index contributed by atoms with van der Waals surface area (Å²) in [6.07, 6.45) is 0. The Hall–Kier alpha value is -3.60. The average molecular weight is 388 g/mol. The molecule has 0 radical (unpaired) electrons. The second kappa shape index (κ2) is 9.55. The van der Waals surface area contributed by atoms with Crippen molar-refractivity contribution in [1.29, 1.82) is 0 Å². The molecule has 29 heavy (non-hydrogen) atoms. The minimum Gasteiger partial charge on any atom is -0.484 e. The number of aryl methyl sites for hydroxylation is 2. The molecule has 0 saturated carbocycles. The van der Waals surface area contributed by atoms with Gasteiger partial charge >= 0.3 is 0 Å². The van der Waals surface area contributed by atoms with Crippen LogP contribution in [0, 0.1) is 13.8 Å². The number of carbonyl (C=O) groups excluding carboxylic acids is 2. The third kappa shape index (κ3) is 5.94. The second-order valence-corrected chi connectivity index (χ2v) is 6.87. The second-order valence-electron chi connectivity index (χ2n) is 6.87. The molecule has 0 atom stereocenters. The number of para-hydroxylation sites is 1. The van der Waals surface area contributed by atoms with Crippen LogP contribution in [-0.2, 0) is 11.3 Å². The first-order chi connectivity index (χ1) is 14.0. The van der Waals surface area contributed by atoms with Crippen LogP contribution in [0.5, 0.6) is 5.75 Å². The number of rotatable bonds is 7. The van der Waals surface area contributed by atoms with E-state index in [1.54, 1.807) is 30.3 Å². The zero-order chi connectivity index (χ0) is 20.6. The van der Waals surface area contributed by atoms with Gasteiger partial charge in [0, 0.05) is 6.54 Å². The van der Waals surface area contributed by atoms with Gasteiger partial charge in [0.15, 0.2) is 6.61 Å². The Bertz CT molecular complexity index is 997. The highest BCUT2D eigenvalue weighted by atomic mass is 16.5. The Balaban J connectivity index is 1.59. The number of hydrogen-bond donors (Lipinski definition) is 2. The van der Waals surface area contributed by atoms with Crippen LogP contribution in [0.15, 0.2) is 72.8 Å². The maximum atomic E-state index is 12.6. The number of amides is 2. The number of anilines is 1. The third-order valence-corrected chi connectivity index (χ3v) is 4.38. The molecule has 0 fully saturated rings. The molecule has 5 nitrogen and oxygen atoms in total. The zero-order valence-electron chi connectivity index (χ0n) is 16.6. The van der Waals surface area contributed by atoms with Crippen molar-refractivity contribution < 1.29 is 14.3 Å². The van der Waals surface area contributed by atoms with Crippen LogP contribution in [-0.4, -0.2) is 18.4 Å². The Morgan fingerprint density at radius 3 is 2.38 bits per heavy atom. The normalized spacial score (nSPS) is 10.3. The van der Waals surface area contributed by atoms with Gasteiger partial charge in [-0.05, 0) is 49.2 Å². The van der Waals surface area contributed by atoms with E-state index in [0.717, 1.165) is 11.1 Å². The predicted molar refractivity (Wildman–Crippen MR) is 114 cm³/mol. The molecular formula is C24H24N2O3. The summed E-state index contributed by atoms with van der Waals surface area (Å²) in [6.45, 7) is 4.25. The maximum absolute atomic E-state index is 12.6. The SMILES string of the molecule is Cc1ccc(CNC(=O)c2ccccc2NC(=O)COc2cccc(C)c2)cc1. The van der Waals surface area contributed by atoms with Crippen molar-refractivity contribution in [2.75, 3.05) is 11.9 Å². The van der Waals surface area contributed by atoms with Crippen LogP contribution in [0.4, 0.5) is 5.69 Å². The first kappa shape index (κ1) is 20.1. The molecule has 2 amide bonds. The molecule has 0 unspecified atom stereocenters. The molecule has 3 aromatic rings. The monoisotopic (exact) mass is 388 g/mol. The number of benzene rings is 3. The lowest BCUT2D eigenvalue weighted by molar-refractivity contribution is -0.118. The van der Waals surface area contributed by atoms with Crippen LogP contribution in [0.1, 0.15) is 27.0 Å². The quantitative estimate of drug-likeness (QED) is 0.636. The molecule has 0 aliphatic rings. The molecule has 148 valence electrons. The van der Waals surface area contributed by atoms with E-state index in [1.165, 1.54) is 5.56 Å². The van der Waals surface area contributed by atoms with Gasteiger partial charge in [0.1, 0.15) is 5.75 Å². The molecule has 0 saturated heterocycles. The van der Waals surface area contributed by atoms with Crippen molar-refractivity contribution in [2.24, 2.45) is 0 Å². The van der Waals surface area contributed by atoms with Gasteiger partial charge in [-0.2, -0.15) is 0 Å². The highest BCUT2D eigenvalue weighted by Crippen LogP contribution is 2.16. The van der Waals surface area contributed by atoms with Gasteiger partial charge in [-0.15, -0.1) is 0 Å². The molecule has 3 rings (SSSR count). The molecule has 3 aromatic carbocycles. The fraction of sp³-hybridized carbons (Fsp3) is 0.167. The van der Waals surface area contributed by atoms with E-state index in [4.69, 9.17) is 4.74 Å². The van der Waals surface area contributed by atoms with Crippen molar-refractivity contribution in [3.8, 4) is 5.75 Å². The van der Waals surface area contributed by atoms with E-state index in [2.05, 4.69) is 10.6 Å². The lowest BCUT2D eigenvalue weighted by atomic mass is 10.1. The maximum Gasteiger partial charge on any atom is 0.262 e. The smallest absolute Gasteiger partial charge is 0.262 e. The van der Waals surface area contributed by atoms with Crippen molar-refractivity contribution in [3.63, 3.8) is 0 Å². The van der Waals surface area contributed by atoms with Crippen molar-refractivity contribution >= 4 is 17.5 Å². The van der Waals surface area contributed by atoms with E-state index < -0.39 is 0 Å². The summed E-state index contributed by atoms with van der Waals surface area (Å²) < 4.78 is 5.52. The summed E-state index contributed by atoms with van der Waals surface area (Å²) in [5.41, 5.74) is 4.09. The number of ether oxygens (including phenoxy) is 1. The molecule has 0 aromatic heterocycles. The standard InChI is InChI=1S/C24H24N2O3/c1-17-10-12-19(13-11-17)15-25-24(28)21-8-3-4-9-22(21)26-23(27)16-29-20-7-5-6-18(2)14-20/h3-14H,15-16H2,1-2H3,(H,25,28)(H,26,27). The van der Waals surface area contributed by atoms with Gasteiger partial charge in [-0.1, -0.05) is 54.1 Å². The summed E-state index contributed by atoms with van der Waals surface area (Å²) in [5, 5.41) is 5.65. The van der Waals surface area contributed by atoms with Gasteiger partial charge in [-0.25, -0.2) is 0 Å². The molecule has 0 bridgehead atoms. The molecule has 2 N–H and O–H groups in total.